The zero-order chi connectivity index (χ0) is 17.6. The Hall–Kier alpha value is -2.04. The van der Waals surface area contributed by atoms with Crippen molar-refractivity contribution in [2.24, 2.45) is 15.9 Å². The quantitative estimate of drug-likeness (QED) is 0.650. The molecule has 1 aromatic heterocycles. The predicted octanol–water partition coefficient (Wildman–Crippen LogP) is 4.59. The Balaban J connectivity index is 1.94. The van der Waals surface area contributed by atoms with Crippen LogP contribution in [0.5, 0.6) is 0 Å². The van der Waals surface area contributed by atoms with E-state index in [1.165, 1.54) is 25.0 Å². The monoisotopic (exact) mass is 340 g/mol. The number of aromatic nitrogens is 2. The minimum Gasteiger partial charge on any atom is -0.453 e. The number of aryl methyl sites for hydroxylation is 1. The van der Waals surface area contributed by atoms with Gasteiger partial charge in [-0.2, -0.15) is 0 Å². The second-order valence-corrected chi connectivity index (χ2v) is 6.83. The lowest BCUT2D eigenvalue weighted by molar-refractivity contribution is 0.262. The summed E-state index contributed by atoms with van der Waals surface area (Å²) in [4.78, 5) is 18.4. The first kappa shape index (κ1) is 17.8. The first-order chi connectivity index (χ1) is 12.2. The SMILES string of the molecule is CCCC(=N/C(C1=NCO1)=C(\C)c1cnc(CCC)nc1)C1CCC1. The molecule has 134 valence electrons. The van der Waals surface area contributed by atoms with Crippen molar-refractivity contribution in [3.8, 4) is 0 Å². The average Bonchev–Trinajstić information content (AvgIpc) is 2.51. The zero-order valence-corrected chi connectivity index (χ0v) is 15.6. The second kappa shape index (κ2) is 8.37. The van der Waals surface area contributed by atoms with Gasteiger partial charge in [-0.15, -0.1) is 0 Å². The maximum absolute atomic E-state index is 5.55. The van der Waals surface area contributed by atoms with Crippen molar-refractivity contribution in [3.63, 3.8) is 0 Å². The van der Waals surface area contributed by atoms with Crippen LogP contribution < -0.4 is 0 Å². The highest BCUT2D eigenvalue weighted by atomic mass is 16.5. The summed E-state index contributed by atoms with van der Waals surface area (Å²) in [5.41, 5.74) is 4.17. The molecule has 0 aromatic carbocycles. The third-order valence-electron chi connectivity index (χ3n) is 4.92. The van der Waals surface area contributed by atoms with Crippen molar-refractivity contribution in [1.82, 2.24) is 9.97 Å². The number of nitrogens with zero attached hydrogens (tertiary/aromatic N) is 4. The molecule has 2 aliphatic rings. The van der Waals surface area contributed by atoms with Gasteiger partial charge in [0.15, 0.2) is 6.73 Å². The van der Waals surface area contributed by atoms with Crippen LogP contribution in [0.4, 0.5) is 0 Å². The molecule has 1 aromatic rings. The van der Waals surface area contributed by atoms with E-state index in [9.17, 15) is 0 Å². The van der Waals surface area contributed by atoms with Gasteiger partial charge in [0.05, 0.1) is 0 Å². The Kier molecular flexibility index (Phi) is 5.95. The number of aliphatic imine (C=N–C) groups is 2. The van der Waals surface area contributed by atoms with Crippen LogP contribution in [0.25, 0.3) is 5.57 Å². The molecule has 0 spiro atoms. The van der Waals surface area contributed by atoms with Crippen LogP contribution >= 0.6 is 0 Å². The van der Waals surface area contributed by atoms with Crippen LogP contribution in [-0.2, 0) is 11.2 Å². The molecular weight excluding hydrogens is 312 g/mol. The topological polar surface area (TPSA) is 59.7 Å². The van der Waals surface area contributed by atoms with Gasteiger partial charge in [0.1, 0.15) is 11.5 Å². The minimum atomic E-state index is 0.431. The molecule has 0 saturated heterocycles. The lowest BCUT2D eigenvalue weighted by Crippen LogP contribution is -2.25. The summed E-state index contributed by atoms with van der Waals surface area (Å²) >= 11 is 0. The van der Waals surface area contributed by atoms with E-state index >= 15 is 0 Å². The molecule has 0 bridgehead atoms. The van der Waals surface area contributed by atoms with Crippen molar-refractivity contribution >= 4 is 17.2 Å². The van der Waals surface area contributed by atoms with Gasteiger partial charge in [-0.05, 0) is 44.1 Å². The molecule has 0 radical (unpaired) electrons. The molecule has 5 nitrogen and oxygen atoms in total. The molecule has 2 heterocycles. The highest BCUT2D eigenvalue weighted by Gasteiger charge is 2.25. The fourth-order valence-electron chi connectivity index (χ4n) is 3.09. The van der Waals surface area contributed by atoms with Gasteiger partial charge in [-0.1, -0.05) is 26.7 Å². The first-order valence-electron chi connectivity index (χ1n) is 9.50. The summed E-state index contributed by atoms with van der Waals surface area (Å²) in [6.45, 7) is 6.84. The van der Waals surface area contributed by atoms with Gasteiger partial charge in [0, 0.05) is 30.1 Å². The minimum absolute atomic E-state index is 0.431. The van der Waals surface area contributed by atoms with Crippen LogP contribution in [-0.4, -0.2) is 28.3 Å². The Morgan fingerprint density at radius 1 is 1.20 bits per heavy atom. The van der Waals surface area contributed by atoms with E-state index in [2.05, 4.69) is 35.7 Å². The molecule has 1 aliphatic heterocycles. The van der Waals surface area contributed by atoms with Crippen LogP contribution in [0.2, 0.25) is 0 Å². The van der Waals surface area contributed by atoms with Crippen molar-refractivity contribution < 1.29 is 4.74 Å². The molecule has 5 heteroatoms. The van der Waals surface area contributed by atoms with Gasteiger partial charge in [0.25, 0.3) is 0 Å². The van der Waals surface area contributed by atoms with Crippen molar-refractivity contribution in [3.05, 3.63) is 29.5 Å². The van der Waals surface area contributed by atoms with Gasteiger partial charge in [-0.3, -0.25) is 4.99 Å². The summed E-state index contributed by atoms with van der Waals surface area (Å²) in [7, 11) is 0. The molecule has 3 rings (SSSR count). The number of ether oxygens (including phenoxy) is 1. The van der Waals surface area contributed by atoms with Gasteiger partial charge < -0.3 is 4.74 Å². The zero-order valence-electron chi connectivity index (χ0n) is 15.6. The lowest BCUT2D eigenvalue weighted by atomic mass is 9.80. The van der Waals surface area contributed by atoms with Crippen molar-refractivity contribution in [2.75, 3.05) is 6.73 Å². The Morgan fingerprint density at radius 2 is 1.92 bits per heavy atom. The molecule has 0 amide bonds. The molecule has 0 atom stereocenters. The van der Waals surface area contributed by atoms with Crippen LogP contribution in [0.3, 0.4) is 0 Å². The Labute approximate surface area is 150 Å². The highest BCUT2D eigenvalue weighted by Crippen LogP contribution is 2.31. The highest BCUT2D eigenvalue weighted by molar-refractivity contribution is 6.05. The normalized spacial score (nSPS) is 18.7. The molecule has 1 fully saturated rings. The summed E-state index contributed by atoms with van der Waals surface area (Å²) in [6.07, 6.45) is 11.7. The molecule has 25 heavy (non-hydrogen) atoms. The maximum atomic E-state index is 5.55. The number of hydrogen-bond acceptors (Lipinski definition) is 5. The van der Waals surface area contributed by atoms with Crippen molar-refractivity contribution in [2.45, 2.75) is 65.7 Å². The fraction of sp³-hybridized carbons (Fsp3) is 0.600. The standard InChI is InChI=1S/C20H28N4O/c1-4-7-17(15-9-6-10-15)24-19(20-23-13-25-20)14(3)16-11-21-18(8-5-2)22-12-16/h11-12,15H,4-10,13H2,1-3H3/b19-14+,24-17?. The number of allylic oxidation sites excluding steroid dienone is 1. The van der Waals surface area contributed by atoms with Crippen LogP contribution in [0.15, 0.2) is 28.1 Å². The Morgan fingerprint density at radius 3 is 2.40 bits per heavy atom. The summed E-state index contributed by atoms with van der Waals surface area (Å²) < 4.78 is 5.55. The lowest BCUT2D eigenvalue weighted by Gasteiger charge is -2.28. The predicted molar refractivity (Wildman–Crippen MR) is 102 cm³/mol. The van der Waals surface area contributed by atoms with E-state index in [1.54, 1.807) is 0 Å². The molecule has 0 N–H and O–H groups in total. The van der Waals surface area contributed by atoms with Gasteiger partial charge in [-0.25, -0.2) is 15.0 Å². The Bertz CT molecular complexity index is 684. The van der Waals surface area contributed by atoms with E-state index in [4.69, 9.17) is 9.73 Å². The smallest absolute Gasteiger partial charge is 0.240 e. The van der Waals surface area contributed by atoms with Crippen LogP contribution in [0.1, 0.15) is 70.7 Å². The van der Waals surface area contributed by atoms with Crippen LogP contribution in [0, 0.1) is 5.92 Å². The average molecular weight is 340 g/mol. The molecule has 1 aliphatic carbocycles. The summed E-state index contributed by atoms with van der Waals surface area (Å²) in [5.74, 6) is 2.18. The van der Waals surface area contributed by atoms with Gasteiger partial charge in [0.2, 0.25) is 5.90 Å². The van der Waals surface area contributed by atoms with E-state index in [0.717, 1.165) is 48.3 Å². The van der Waals surface area contributed by atoms with E-state index in [1.807, 2.05) is 12.4 Å². The maximum Gasteiger partial charge on any atom is 0.240 e. The second-order valence-electron chi connectivity index (χ2n) is 6.83. The largest absolute Gasteiger partial charge is 0.453 e. The van der Waals surface area contributed by atoms with E-state index in [-0.39, 0.29) is 0 Å². The first-order valence-corrected chi connectivity index (χ1v) is 9.50. The van der Waals surface area contributed by atoms with Crippen molar-refractivity contribution in [1.29, 1.82) is 0 Å². The van der Waals surface area contributed by atoms with E-state index < -0.39 is 0 Å². The van der Waals surface area contributed by atoms with E-state index in [0.29, 0.717) is 18.5 Å². The molecule has 1 saturated carbocycles. The number of hydrogen-bond donors (Lipinski definition) is 0. The fourth-order valence-corrected chi connectivity index (χ4v) is 3.09. The molecular formula is C20H28N4O. The van der Waals surface area contributed by atoms with Gasteiger partial charge >= 0.3 is 0 Å². The summed E-state index contributed by atoms with van der Waals surface area (Å²) in [5, 5.41) is 0. The molecule has 0 unspecified atom stereocenters. The number of rotatable bonds is 8. The third kappa shape index (κ3) is 4.14. The third-order valence-corrected chi connectivity index (χ3v) is 4.92. The summed E-state index contributed by atoms with van der Waals surface area (Å²) in [6, 6.07) is 0.